The molecule has 0 aromatic heterocycles. The number of hydrogen-bond acceptors (Lipinski definition) is 3. The van der Waals surface area contributed by atoms with Gasteiger partial charge in [-0.25, -0.2) is 4.79 Å². The van der Waals surface area contributed by atoms with Gasteiger partial charge in [-0.05, 0) is 31.0 Å². The highest BCUT2D eigenvalue weighted by Crippen LogP contribution is 2.50. The van der Waals surface area contributed by atoms with Gasteiger partial charge in [-0.15, -0.1) is 0 Å². The summed E-state index contributed by atoms with van der Waals surface area (Å²) in [5.41, 5.74) is 3.41. The Morgan fingerprint density at radius 2 is 1.54 bits per heavy atom. The number of aryl methyl sites for hydroxylation is 2. The van der Waals surface area contributed by atoms with Crippen molar-refractivity contribution in [3.05, 3.63) is 94.5 Å². The van der Waals surface area contributed by atoms with Gasteiger partial charge in [0.25, 0.3) is 0 Å². The van der Waals surface area contributed by atoms with Crippen LogP contribution in [0.25, 0.3) is 0 Å². The SMILES string of the molecule is Cc1ccccc1C1(c2ccccc2)Oc2ccc(C)c(C(=O)O)c2O1. The van der Waals surface area contributed by atoms with Crippen molar-refractivity contribution in [3.8, 4) is 11.5 Å². The number of ether oxygens (including phenoxy) is 2. The molecule has 4 heteroatoms. The third-order valence-corrected chi connectivity index (χ3v) is 4.70. The molecule has 0 spiro atoms. The Labute approximate surface area is 151 Å². The summed E-state index contributed by atoms with van der Waals surface area (Å²) < 4.78 is 12.6. The Morgan fingerprint density at radius 1 is 0.846 bits per heavy atom. The molecule has 26 heavy (non-hydrogen) atoms. The van der Waals surface area contributed by atoms with E-state index in [2.05, 4.69) is 0 Å². The molecule has 0 saturated carbocycles. The number of hydrogen-bond donors (Lipinski definition) is 1. The molecule has 1 N–H and O–H groups in total. The average Bonchev–Trinajstić information content (AvgIpc) is 3.02. The second-order valence-corrected chi connectivity index (χ2v) is 6.39. The molecule has 0 saturated heterocycles. The Kier molecular flexibility index (Phi) is 3.69. The maximum Gasteiger partial charge on any atom is 0.339 e. The first kappa shape index (κ1) is 16.2. The average molecular weight is 346 g/mol. The molecular weight excluding hydrogens is 328 g/mol. The second-order valence-electron chi connectivity index (χ2n) is 6.39. The van der Waals surface area contributed by atoms with Crippen LogP contribution in [0.15, 0.2) is 66.7 Å². The molecule has 0 fully saturated rings. The first-order valence-corrected chi connectivity index (χ1v) is 8.39. The summed E-state index contributed by atoms with van der Waals surface area (Å²) in [7, 11) is 0. The van der Waals surface area contributed by atoms with Gasteiger partial charge in [0.05, 0.1) is 0 Å². The van der Waals surface area contributed by atoms with Gasteiger partial charge in [0.15, 0.2) is 11.5 Å². The smallest absolute Gasteiger partial charge is 0.339 e. The molecule has 1 atom stereocenters. The summed E-state index contributed by atoms with van der Waals surface area (Å²) in [5, 5.41) is 9.66. The van der Waals surface area contributed by atoms with Gasteiger partial charge in [-0.2, -0.15) is 0 Å². The van der Waals surface area contributed by atoms with Gasteiger partial charge in [-0.1, -0.05) is 60.7 Å². The molecule has 1 unspecified atom stereocenters. The molecule has 0 radical (unpaired) electrons. The summed E-state index contributed by atoms with van der Waals surface area (Å²) in [6.45, 7) is 3.74. The number of rotatable bonds is 3. The van der Waals surface area contributed by atoms with E-state index in [0.29, 0.717) is 11.3 Å². The molecule has 3 aromatic carbocycles. The van der Waals surface area contributed by atoms with Gasteiger partial charge in [0.2, 0.25) is 0 Å². The molecular formula is C22H18O4. The topological polar surface area (TPSA) is 55.8 Å². The van der Waals surface area contributed by atoms with E-state index >= 15 is 0 Å². The monoisotopic (exact) mass is 346 g/mol. The van der Waals surface area contributed by atoms with Crippen molar-refractivity contribution in [2.45, 2.75) is 19.6 Å². The van der Waals surface area contributed by atoms with Crippen molar-refractivity contribution < 1.29 is 19.4 Å². The highest BCUT2D eigenvalue weighted by atomic mass is 16.7. The molecule has 3 aromatic rings. The van der Waals surface area contributed by atoms with Crippen LogP contribution < -0.4 is 9.47 Å². The Balaban J connectivity index is 1.97. The van der Waals surface area contributed by atoms with Crippen LogP contribution in [0.2, 0.25) is 0 Å². The Hall–Kier alpha value is -3.27. The van der Waals surface area contributed by atoms with Crippen molar-refractivity contribution in [1.29, 1.82) is 0 Å². The van der Waals surface area contributed by atoms with Crippen molar-refractivity contribution in [3.63, 3.8) is 0 Å². The molecule has 0 bridgehead atoms. The Morgan fingerprint density at radius 3 is 2.23 bits per heavy atom. The van der Waals surface area contributed by atoms with Crippen LogP contribution in [0, 0.1) is 13.8 Å². The predicted octanol–water partition coefficient (Wildman–Crippen LogP) is 4.67. The van der Waals surface area contributed by atoms with E-state index in [9.17, 15) is 9.90 Å². The van der Waals surface area contributed by atoms with Crippen molar-refractivity contribution in [2.24, 2.45) is 0 Å². The van der Waals surface area contributed by atoms with Crippen molar-refractivity contribution in [1.82, 2.24) is 0 Å². The molecule has 1 aliphatic heterocycles. The van der Waals surface area contributed by atoms with Gasteiger partial charge in [0, 0.05) is 11.1 Å². The lowest BCUT2D eigenvalue weighted by molar-refractivity contribution is -0.0467. The molecule has 4 nitrogen and oxygen atoms in total. The summed E-state index contributed by atoms with van der Waals surface area (Å²) in [4.78, 5) is 11.8. The van der Waals surface area contributed by atoms with Crippen LogP contribution >= 0.6 is 0 Å². The normalized spacial score (nSPS) is 17.9. The minimum Gasteiger partial charge on any atom is -0.478 e. The zero-order valence-electron chi connectivity index (χ0n) is 14.5. The quantitative estimate of drug-likeness (QED) is 0.748. The van der Waals surface area contributed by atoms with Crippen LogP contribution in [0.3, 0.4) is 0 Å². The number of fused-ring (bicyclic) bond motifs is 1. The van der Waals surface area contributed by atoms with E-state index in [-0.39, 0.29) is 11.3 Å². The number of aromatic carboxylic acids is 1. The Bertz CT molecular complexity index is 994. The van der Waals surface area contributed by atoms with E-state index in [1.165, 1.54) is 0 Å². The third-order valence-electron chi connectivity index (χ3n) is 4.70. The highest BCUT2D eigenvalue weighted by molar-refractivity contribution is 5.94. The van der Waals surface area contributed by atoms with E-state index in [4.69, 9.17) is 9.47 Å². The van der Waals surface area contributed by atoms with Crippen LogP contribution in [0.4, 0.5) is 0 Å². The summed E-state index contributed by atoms with van der Waals surface area (Å²) in [6.07, 6.45) is 0. The van der Waals surface area contributed by atoms with Gasteiger partial charge < -0.3 is 14.6 Å². The lowest BCUT2D eigenvalue weighted by atomic mass is 9.93. The number of carboxylic acids is 1. The molecule has 0 aliphatic carbocycles. The fourth-order valence-electron chi connectivity index (χ4n) is 3.41. The minimum atomic E-state index is -1.22. The third kappa shape index (κ3) is 2.34. The maximum absolute atomic E-state index is 11.8. The lowest BCUT2D eigenvalue weighted by Gasteiger charge is -2.30. The molecule has 0 amide bonds. The second kappa shape index (κ2) is 5.92. The molecule has 1 aliphatic rings. The van der Waals surface area contributed by atoms with Crippen LogP contribution in [0.5, 0.6) is 11.5 Å². The van der Waals surface area contributed by atoms with E-state index in [1.54, 1.807) is 19.1 Å². The number of benzene rings is 3. The molecule has 4 rings (SSSR count). The van der Waals surface area contributed by atoms with Gasteiger partial charge in [-0.3, -0.25) is 0 Å². The van der Waals surface area contributed by atoms with Crippen LogP contribution in [-0.2, 0) is 5.79 Å². The largest absolute Gasteiger partial charge is 0.478 e. The van der Waals surface area contributed by atoms with Crippen LogP contribution in [-0.4, -0.2) is 11.1 Å². The summed E-state index contributed by atoms with van der Waals surface area (Å²) in [5.74, 6) is -1.55. The van der Waals surface area contributed by atoms with Gasteiger partial charge >= 0.3 is 11.8 Å². The first-order chi connectivity index (χ1) is 12.5. The van der Waals surface area contributed by atoms with Crippen LogP contribution in [0.1, 0.15) is 32.6 Å². The lowest BCUT2D eigenvalue weighted by Crippen LogP contribution is -2.37. The molecule has 130 valence electrons. The predicted molar refractivity (Wildman–Crippen MR) is 97.8 cm³/mol. The van der Waals surface area contributed by atoms with E-state index in [0.717, 1.165) is 16.7 Å². The highest BCUT2D eigenvalue weighted by Gasteiger charge is 2.47. The van der Waals surface area contributed by atoms with Gasteiger partial charge in [0.1, 0.15) is 5.56 Å². The summed E-state index contributed by atoms with van der Waals surface area (Å²) in [6, 6.07) is 20.9. The fourth-order valence-corrected chi connectivity index (χ4v) is 3.41. The number of carboxylic acid groups (broad SMARTS) is 1. The maximum atomic E-state index is 11.8. The minimum absolute atomic E-state index is 0.133. The summed E-state index contributed by atoms with van der Waals surface area (Å²) >= 11 is 0. The zero-order valence-corrected chi connectivity index (χ0v) is 14.5. The zero-order chi connectivity index (χ0) is 18.3. The molecule has 1 heterocycles. The number of carbonyl (C=O) groups is 1. The van der Waals surface area contributed by atoms with Crippen molar-refractivity contribution in [2.75, 3.05) is 0 Å². The van der Waals surface area contributed by atoms with Crippen molar-refractivity contribution >= 4 is 5.97 Å². The standard InChI is InChI=1S/C22H18O4/c1-14-8-6-7-11-17(14)22(16-9-4-3-5-10-16)25-18-13-12-15(2)19(21(23)24)20(18)26-22/h3-13H,1-2H3,(H,23,24). The fraction of sp³-hybridized carbons (Fsp3) is 0.136. The van der Waals surface area contributed by atoms with E-state index < -0.39 is 11.8 Å². The van der Waals surface area contributed by atoms with E-state index in [1.807, 2.05) is 61.5 Å². The first-order valence-electron chi connectivity index (χ1n) is 8.39.